The summed E-state index contributed by atoms with van der Waals surface area (Å²) in [5.41, 5.74) is -8.33. The van der Waals surface area contributed by atoms with Crippen LogP contribution in [0.2, 0.25) is 0 Å². The molecule has 4 aromatic rings. The van der Waals surface area contributed by atoms with Crippen molar-refractivity contribution in [1.29, 1.82) is 0 Å². The Morgan fingerprint density at radius 1 is 0.543 bits per heavy atom. The fourth-order valence-corrected chi connectivity index (χ4v) is 4.79. The molecule has 0 spiro atoms. The Morgan fingerprint density at radius 3 is 1.22 bits per heavy atom. The van der Waals surface area contributed by atoms with Gasteiger partial charge in [0.25, 0.3) is 0 Å². The molecule has 0 fully saturated rings. The van der Waals surface area contributed by atoms with E-state index in [9.17, 15) is 48.3 Å². The van der Waals surface area contributed by atoms with Crippen molar-refractivity contribution in [3.63, 3.8) is 0 Å². The van der Waals surface area contributed by atoms with Crippen LogP contribution in [0.15, 0.2) is 48.5 Å². The van der Waals surface area contributed by atoms with Crippen LogP contribution in [0.25, 0.3) is 11.1 Å². The maximum atomic E-state index is 14.9. The number of alkyl halides is 3. The van der Waals surface area contributed by atoms with Gasteiger partial charge in [0.2, 0.25) is 17.4 Å². The van der Waals surface area contributed by atoms with E-state index < -0.39 is 92.7 Å². The Balaban J connectivity index is 0.00000185. The van der Waals surface area contributed by atoms with Crippen molar-refractivity contribution in [2.45, 2.75) is 52.1 Å². The highest BCUT2D eigenvalue weighted by atomic mass is 19.4. The van der Waals surface area contributed by atoms with Crippen LogP contribution >= 0.6 is 0 Å². The van der Waals surface area contributed by atoms with Crippen molar-refractivity contribution in [3.8, 4) is 28.4 Å². The van der Waals surface area contributed by atoms with Gasteiger partial charge in [-0.2, -0.15) is 22.0 Å². The lowest BCUT2D eigenvalue weighted by atomic mass is 9.72. The Morgan fingerprint density at radius 2 is 0.891 bits per heavy atom. The third kappa shape index (κ3) is 6.23. The number of ether oxygens (including phenoxy) is 2. The van der Waals surface area contributed by atoms with Crippen molar-refractivity contribution in [2.75, 3.05) is 7.11 Å². The van der Waals surface area contributed by atoms with E-state index >= 15 is 0 Å². The standard InChI is InChI=1S/C30H19F11O2.C3H8/c1-4-29(30(39,40)41,14-5-9-16(42-3)10-6-14)15-7-11-17(12-8-15)43-28-26(37)24(35)19(25(36)27(28)38)18-22(33)20(31)13(2)21(32)23(18)34;1-3-2/h5-12H,4H2,1-3H3;3H2,1-2H3. The summed E-state index contributed by atoms with van der Waals surface area (Å²) in [5, 5.41) is 0. The van der Waals surface area contributed by atoms with Crippen molar-refractivity contribution < 1.29 is 57.8 Å². The van der Waals surface area contributed by atoms with Crippen molar-refractivity contribution >= 4 is 0 Å². The molecule has 0 amide bonds. The van der Waals surface area contributed by atoms with Crippen LogP contribution in [0, 0.1) is 53.5 Å². The molecule has 0 saturated carbocycles. The molecule has 0 aliphatic rings. The lowest BCUT2D eigenvalue weighted by Gasteiger charge is -2.36. The van der Waals surface area contributed by atoms with Gasteiger partial charge >= 0.3 is 6.18 Å². The van der Waals surface area contributed by atoms with E-state index in [1.54, 1.807) is 0 Å². The predicted octanol–water partition coefficient (Wildman–Crippen LogP) is 11.3. The molecule has 2 nitrogen and oxygen atoms in total. The Bertz CT molecular complexity index is 1640. The number of methoxy groups -OCH3 is 1. The topological polar surface area (TPSA) is 18.5 Å². The fourth-order valence-electron chi connectivity index (χ4n) is 4.79. The van der Waals surface area contributed by atoms with Gasteiger partial charge in [-0.1, -0.05) is 51.5 Å². The highest BCUT2D eigenvalue weighted by Crippen LogP contribution is 2.49. The van der Waals surface area contributed by atoms with Gasteiger partial charge in [0.05, 0.1) is 18.2 Å². The van der Waals surface area contributed by atoms with E-state index in [1.807, 2.05) is 0 Å². The molecule has 0 aromatic heterocycles. The summed E-state index contributed by atoms with van der Waals surface area (Å²) in [5.74, 6) is -20.3. The van der Waals surface area contributed by atoms with E-state index in [4.69, 9.17) is 9.47 Å². The minimum Gasteiger partial charge on any atom is -0.497 e. The molecule has 0 bridgehead atoms. The molecule has 1 atom stereocenters. The smallest absolute Gasteiger partial charge is 0.402 e. The first kappa shape index (κ1) is 36.2. The quantitative estimate of drug-likeness (QED) is 0.145. The van der Waals surface area contributed by atoms with Crippen molar-refractivity contribution in [1.82, 2.24) is 0 Å². The first-order chi connectivity index (χ1) is 21.5. The molecule has 13 heteroatoms. The Kier molecular flexibility index (Phi) is 11.0. The van der Waals surface area contributed by atoms with Gasteiger partial charge in [-0.3, -0.25) is 0 Å². The van der Waals surface area contributed by atoms with Crippen LogP contribution < -0.4 is 9.47 Å². The third-order valence-corrected chi connectivity index (χ3v) is 7.12. The molecule has 1 unspecified atom stereocenters. The molecular weight excluding hydrogens is 637 g/mol. The lowest BCUT2D eigenvalue weighted by molar-refractivity contribution is -0.179. The lowest BCUT2D eigenvalue weighted by Crippen LogP contribution is -2.42. The van der Waals surface area contributed by atoms with Crippen molar-refractivity contribution in [2.24, 2.45) is 0 Å². The minimum atomic E-state index is -4.83. The highest BCUT2D eigenvalue weighted by Gasteiger charge is 2.55. The molecule has 46 heavy (non-hydrogen) atoms. The highest BCUT2D eigenvalue weighted by molar-refractivity contribution is 5.69. The summed E-state index contributed by atoms with van der Waals surface area (Å²) in [6, 6.07) is 8.65. The van der Waals surface area contributed by atoms with E-state index in [1.165, 1.54) is 44.7 Å². The predicted molar refractivity (Wildman–Crippen MR) is 149 cm³/mol. The first-order valence-corrected chi connectivity index (χ1v) is 13.7. The summed E-state index contributed by atoms with van der Waals surface area (Å²) in [6.45, 7) is 6.16. The SMILES string of the molecule is CCC.CCC(c1ccc(OC)cc1)(c1ccc(Oc2c(F)c(F)c(-c3c(F)c(F)c(C)c(F)c3F)c(F)c2F)cc1)C(F)(F)F. The van der Waals surface area contributed by atoms with Crippen LogP contribution in [0.5, 0.6) is 17.2 Å². The molecule has 0 saturated heterocycles. The zero-order valence-corrected chi connectivity index (χ0v) is 25.0. The van der Waals surface area contributed by atoms with Gasteiger partial charge in [-0.05, 0) is 48.7 Å². The van der Waals surface area contributed by atoms with Gasteiger partial charge in [-0.15, -0.1) is 0 Å². The second kappa shape index (κ2) is 14.0. The van der Waals surface area contributed by atoms with E-state index in [0.717, 1.165) is 24.3 Å². The van der Waals surface area contributed by atoms with Gasteiger partial charge in [-0.25, -0.2) is 26.3 Å². The summed E-state index contributed by atoms with van der Waals surface area (Å²) >= 11 is 0. The number of hydrogen-bond donors (Lipinski definition) is 0. The zero-order chi connectivity index (χ0) is 34.7. The second-order valence-corrected chi connectivity index (χ2v) is 10.0. The third-order valence-electron chi connectivity index (χ3n) is 7.12. The van der Waals surface area contributed by atoms with Gasteiger partial charge in [0, 0.05) is 5.56 Å². The number of rotatable bonds is 7. The monoisotopic (exact) mass is 664 g/mol. The molecule has 0 N–H and O–H groups in total. The number of hydrogen-bond acceptors (Lipinski definition) is 2. The maximum Gasteiger partial charge on any atom is 0.402 e. The fraction of sp³-hybridized carbons (Fsp3) is 0.273. The van der Waals surface area contributed by atoms with Crippen LogP contribution in [0.4, 0.5) is 48.3 Å². The van der Waals surface area contributed by atoms with Crippen LogP contribution in [0.1, 0.15) is 50.3 Å². The molecule has 4 aromatic carbocycles. The maximum absolute atomic E-state index is 14.9. The Labute approximate surface area is 257 Å². The largest absolute Gasteiger partial charge is 0.497 e. The van der Waals surface area contributed by atoms with Gasteiger partial charge in [0.1, 0.15) is 16.9 Å². The zero-order valence-electron chi connectivity index (χ0n) is 25.0. The molecule has 4 rings (SSSR count). The van der Waals surface area contributed by atoms with E-state index in [0.29, 0.717) is 12.7 Å². The van der Waals surface area contributed by atoms with Crippen LogP contribution in [0.3, 0.4) is 0 Å². The average Bonchev–Trinajstić information content (AvgIpc) is 3.03. The summed E-state index contributed by atoms with van der Waals surface area (Å²) in [7, 11) is 1.33. The molecule has 0 aliphatic heterocycles. The number of halogens is 11. The first-order valence-electron chi connectivity index (χ1n) is 13.7. The van der Waals surface area contributed by atoms with E-state index in [2.05, 4.69) is 13.8 Å². The van der Waals surface area contributed by atoms with Gasteiger partial charge in [0.15, 0.2) is 34.9 Å². The summed E-state index contributed by atoms with van der Waals surface area (Å²) in [6.07, 6.45) is -4.06. The second-order valence-electron chi connectivity index (χ2n) is 10.0. The minimum absolute atomic E-state index is 0.155. The van der Waals surface area contributed by atoms with Crippen molar-refractivity contribution in [3.05, 3.63) is 112 Å². The molecule has 0 aliphatic carbocycles. The Hall–Kier alpha value is -4.29. The number of benzene rings is 4. The van der Waals surface area contributed by atoms with Gasteiger partial charge < -0.3 is 9.47 Å². The van der Waals surface area contributed by atoms with Crippen LogP contribution in [-0.4, -0.2) is 13.3 Å². The summed E-state index contributed by atoms with van der Waals surface area (Å²) < 4.78 is 170. The summed E-state index contributed by atoms with van der Waals surface area (Å²) in [4.78, 5) is 0. The molecule has 0 radical (unpaired) electrons. The molecular formula is C33H27F11O2. The van der Waals surface area contributed by atoms with E-state index in [-0.39, 0.29) is 11.1 Å². The van der Waals surface area contributed by atoms with Crippen LogP contribution in [-0.2, 0) is 5.41 Å². The molecule has 0 heterocycles. The average molecular weight is 665 g/mol. The molecule has 248 valence electrons. The normalized spacial score (nSPS) is 12.7.